The molecule has 0 saturated carbocycles. The van der Waals surface area contributed by atoms with Gasteiger partial charge < -0.3 is 5.32 Å². The third-order valence-corrected chi connectivity index (χ3v) is 4.96. The Kier molecular flexibility index (Phi) is 4.45. The Balaban J connectivity index is 1.57. The molecule has 4 aromatic rings. The van der Waals surface area contributed by atoms with Crippen molar-refractivity contribution in [3.05, 3.63) is 64.7 Å². The van der Waals surface area contributed by atoms with Crippen molar-refractivity contribution in [3.8, 4) is 22.6 Å². The molecule has 0 bridgehead atoms. The monoisotopic (exact) mass is 362 g/mol. The maximum Gasteiger partial charge on any atom is 0.223 e. The standard InChI is InChI=1S/C19H18N6S/c1-13-10-20-19(24-17(13)15-8-9-23-25(15)2)21-11-16-18(22-12-26-16)14-6-4-3-5-7-14/h3-10,12H,11H2,1-2H3,(H,20,21,24). The molecule has 0 radical (unpaired) electrons. The summed E-state index contributed by atoms with van der Waals surface area (Å²) in [6, 6.07) is 12.1. The van der Waals surface area contributed by atoms with Crippen LogP contribution in [0.5, 0.6) is 0 Å². The SMILES string of the molecule is Cc1cnc(NCc2scnc2-c2ccccc2)nc1-c1ccnn1C. The van der Waals surface area contributed by atoms with Crippen LogP contribution in [0.25, 0.3) is 22.6 Å². The highest BCUT2D eigenvalue weighted by Gasteiger charge is 2.12. The number of nitrogens with one attached hydrogen (secondary N) is 1. The highest BCUT2D eigenvalue weighted by atomic mass is 32.1. The van der Waals surface area contributed by atoms with E-state index in [0.29, 0.717) is 12.5 Å². The molecule has 0 aliphatic rings. The molecule has 0 spiro atoms. The van der Waals surface area contributed by atoms with Gasteiger partial charge in [0.15, 0.2) is 0 Å². The largest absolute Gasteiger partial charge is 0.349 e. The van der Waals surface area contributed by atoms with Crippen molar-refractivity contribution in [2.24, 2.45) is 7.05 Å². The van der Waals surface area contributed by atoms with Crippen LogP contribution in [0.1, 0.15) is 10.4 Å². The van der Waals surface area contributed by atoms with Crippen LogP contribution in [-0.2, 0) is 13.6 Å². The van der Waals surface area contributed by atoms with E-state index in [9.17, 15) is 0 Å². The molecule has 3 aromatic heterocycles. The van der Waals surface area contributed by atoms with E-state index in [1.54, 1.807) is 17.5 Å². The molecule has 0 unspecified atom stereocenters. The van der Waals surface area contributed by atoms with Crippen LogP contribution >= 0.6 is 11.3 Å². The fraction of sp³-hybridized carbons (Fsp3) is 0.158. The summed E-state index contributed by atoms with van der Waals surface area (Å²) in [4.78, 5) is 14.8. The lowest BCUT2D eigenvalue weighted by atomic mass is 10.1. The first-order chi connectivity index (χ1) is 12.7. The first kappa shape index (κ1) is 16.4. The van der Waals surface area contributed by atoms with E-state index < -0.39 is 0 Å². The van der Waals surface area contributed by atoms with Gasteiger partial charge >= 0.3 is 0 Å². The van der Waals surface area contributed by atoms with Gasteiger partial charge in [-0.2, -0.15) is 5.10 Å². The van der Waals surface area contributed by atoms with Crippen molar-refractivity contribution in [3.63, 3.8) is 0 Å². The molecule has 0 atom stereocenters. The summed E-state index contributed by atoms with van der Waals surface area (Å²) in [7, 11) is 1.91. The molecular formula is C19H18N6S. The molecule has 6 nitrogen and oxygen atoms in total. The third-order valence-electron chi connectivity index (χ3n) is 4.13. The molecule has 0 fully saturated rings. The second kappa shape index (κ2) is 7.05. The fourth-order valence-corrected chi connectivity index (χ4v) is 3.50. The Morgan fingerprint density at radius 3 is 2.69 bits per heavy atom. The molecular weight excluding hydrogens is 344 g/mol. The van der Waals surface area contributed by atoms with E-state index in [1.165, 1.54) is 0 Å². The molecule has 7 heteroatoms. The van der Waals surface area contributed by atoms with Crippen LogP contribution in [0.2, 0.25) is 0 Å². The first-order valence-corrected chi connectivity index (χ1v) is 9.14. The van der Waals surface area contributed by atoms with E-state index in [0.717, 1.165) is 33.1 Å². The van der Waals surface area contributed by atoms with Crippen molar-refractivity contribution < 1.29 is 0 Å². The molecule has 0 aliphatic heterocycles. The highest BCUT2D eigenvalue weighted by Crippen LogP contribution is 2.26. The van der Waals surface area contributed by atoms with E-state index >= 15 is 0 Å². The van der Waals surface area contributed by atoms with Gasteiger partial charge in [0.25, 0.3) is 0 Å². The number of aromatic nitrogens is 5. The number of hydrogen-bond donors (Lipinski definition) is 1. The smallest absolute Gasteiger partial charge is 0.223 e. The average molecular weight is 362 g/mol. The van der Waals surface area contributed by atoms with Crippen molar-refractivity contribution in [1.82, 2.24) is 24.7 Å². The van der Waals surface area contributed by atoms with Crippen molar-refractivity contribution in [2.75, 3.05) is 5.32 Å². The van der Waals surface area contributed by atoms with Crippen LogP contribution < -0.4 is 5.32 Å². The van der Waals surface area contributed by atoms with E-state index in [4.69, 9.17) is 0 Å². The molecule has 1 N–H and O–H groups in total. The van der Waals surface area contributed by atoms with E-state index in [1.807, 2.05) is 54.6 Å². The lowest BCUT2D eigenvalue weighted by molar-refractivity contribution is 0.772. The zero-order valence-electron chi connectivity index (χ0n) is 14.5. The maximum absolute atomic E-state index is 4.68. The summed E-state index contributed by atoms with van der Waals surface area (Å²) < 4.78 is 1.82. The number of rotatable bonds is 5. The van der Waals surface area contributed by atoms with Crippen molar-refractivity contribution in [2.45, 2.75) is 13.5 Å². The topological polar surface area (TPSA) is 68.5 Å². The van der Waals surface area contributed by atoms with Gasteiger partial charge in [0, 0.05) is 25.0 Å². The van der Waals surface area contributed by atoms with Crippen molar-refractivity contribution >= 4 is 17.3 Å². The average Bonchev–Trinajstić information content (AvgIpc) is 3.31. The lowest BCUT2D eigenvalue weighted by Gasteiger charge is -2.09. The van der Waals surface area contributed by atoms with Crippen LogP contribution in [0, 0.1) is 6.92 Å². The highest BCUT2D eigenvalue weighted by molar-refractivity contribution is 7.10. The minimum atomic E-state index is 0.596. The van der Waals surface area contributed by atoms with Gasteiger partial charge in [-0.15, -0.1) is 11.3 Å². The molecule has 130 valence electrons. The van der Waals surface area contributed by atoms with Gasteiger partial charge in [-0.25, -0.2) is 15.0 Å². The normalized spacial score (nSPS) is 10.8. The zero-order valence-corrected chi connectivity index (χ0v) is 15.4. The molecule has 26 heavy (non-hydrogen) atoms. The second-order valence-corrected chi connectivity index (χ2v) is 6.85. The number of thiazole rings is 1. The zero-order chi connectivity index (χ0) is 17.9. The second-order valence-electron chi connectivity index (χ2n) is 5.91. The quantitative estimate of drug-likeness (QED) is 0.583. The predicted molar refractivity (Wildman–Crippen MR) is 104 cm³/mol. The summed E-state index contributed by atoms with van der Waals surface area (Å²) in [5, 5.41) is 7.55. The van der Waals surface area contributed by atoms with E-state index in [-0.39, 0.29) is 0 Å². The number of benzene rings is 1. The number of nitrogens with zero attached hydrogens (tertiary/aromatic N) is 5. The van der Waals surface area contributed by atoms with Crippen LogP contribution in [-0.4, -0.2) is 24.7 Å². The van der Waals surface area contributed by atoms with Gasteiger partial charge in [0.1, 0.15) is 0 Å². The summed E-state index contributed by atoms with van der Waals surface area (Å²) in [6.07, 6.45) is 3.61. The number of aryl methyl sites for hydroxylation is 2. The minimum absolute atomic E-state index is 0.596. The van der Waals surface area contributed by atoms with Crippen LogP contribution in [0.3, 0.4) is 0 Å². The Labute approximate surface area is 155 Å². The number of anilines is 1. The van der Waals surface area contributed by atoms with Gasteiger partial charge in [-0.3, -0.25) is 4.68 Å². The Morgan fingerprint density at radius 2 is 1.92 bits per heavy atom. The molecule has 3 heterocycles. The van der Waals surface area contributed by atoms with E-state index in [2.05, 4.69) is 37.5 Å². The summed E-state index contributed by atoms with van der Waals surface area (Å²) in [6.45, 7) is 2.63. The lowest BCUT2D eigenvalue weighted by Crippen LogP contribution is -2.06. The molecule has 0 saturated heterocycles. The predicted octanol–water partition coefficient (Wildman–Crippen LogP) is 3.92. The minimum Gasteiger partial charge on any atom is -0.349 e. The van der Waals surface area contributed by atoms with Gasteiger partial charge in [-0.05, 0) is 18.6 Å². The summed E-state index contributed by atoms with van der Waals surface area (Å²) in [5.74, 6) is 0.596. The maximum atomic E-state index is 4.68. The molecule has 0 aliphatic carbocycles. The Morgan fingerprint density at radius 1 is 1.08 bits per heavy atom. The van der Waals surface area contributed by atoms with Crippen molar-refractivity contribution in [1.29, 1.82) is 0 Å². The number of hydrogen-bond acceptors (Lipinski definition) is 6. The van der Waals surface area contributed by atoms with Gasteiger partial charge in [0.05, 0.1) is 34.0 Å². The van der Waals surface area contributed by atoms with Crippen LogP contribution in [0.4, 0.5) is 5.95 Å². The summed E-state index contributed by atoms with van der Waals surface area (Å²) in [5.41, 5.74) is 6.86. The Hall–Kier alpha value is -3.06. The third kappa shape index (κ3) is 3.21. The molecule has 0 amide bonds. The van der Waals surface area contributed by atoms with Crippen LogP contribution in [0.15, 0.2) is 54.3 Å². The Bertz CT molecular complexity index is 1020. The molecule has 1 aromatic carbocycles. The van der Waals surface area contributed by atoms with Gasteiger partial charge in [0.2, 0.25) is 5.95 Å². The first-order valence-electron chi connectivity index (χ1n) is 8.26. The molecule has 4 rings (SSSR count). The summed E-state index contributed by atoms with van der Waals surface area (Å²) >= 11 is 1.63. The van der Waals surface area contributed by atoms with Gasteiger partial charge in [-0.1, -0.05) is 30.3 Å². The fourth-order valence-electron chi connectivity index (χ4n) is 2.78.